The van der Waals surface area contributed by atoms with E-state index in [4.69, 9.17) is 5.11 Å². The van der Waals surface area contributed by atoms with Crippen molar-refractivity contribution >= 4 is 17.8 Å². The van der Waals surface area contributed by atoms with Crippen LogP contribution in [0.3, 0.4) is 0 Å². The quantitative estimate of drug-likeness (QED) is 0.801. The Hall–Kier alpha value is -2.37. The molecule has 0 radical (unpaired) electrons. The topological polar surface area (TPSA) is 86.7 Å². The minimum Gasteiger partial charge on any atom is -0.481 e. The van der Waals surface area contributed by atoms with Crippen molar-refractivity contribution in [2.45, 2.75) is 53.0 Å². The molecule has 0 aromatic heterocycles. The van der Waals surface area contributed by atoms with E-state index in [1.165, 1.54) is 0 Å². The summed E-state index contributed by atoms with van der Waals surface area (Å²) < 4.78 is 0. The molecule has 0 spiro atoms. The third-order valence-electron chi connectivity index (χ3n) is 4.91. The fraction of sp³-hybridized carbons (Fsp3) is 0.571. The molecule has 0 saturated carbocycles. The predicted octanol–water partition coefficient (Wildman–Crippen LogP) is 3.07. The first-order chi connectivity index (χ1) is 12.7. The number of carboxylic acid groups (broad SMARTS) is 1. The summed E-state index contributed by atoms with van der Waals surface area (Å²) >= 11 is 0. The number of nitrogens with one attached hydrogen (secondary N) is 1. The van der Waals surface area contributed by atoms with Gasteiger partial charge in [-0.15, -0.1) is 0 Å². The van der Waals surface area contributed by atoms with Crippen LogP contribution >= 0.6 is 0 Å². The van der Waals surface area contributed by atoms with Gasteiger partial charge in [0.2, 0.25) is 5.91 Å². The van der Waals surface area contributed by atoms with Crippen molar-refractivity contribution < 1.29 is 19.5 Å². The SMILES string of the molecule is CC(C)(C)C(=O)NCc1ccc(C(=O)N2CCCC(CCC(=O)O)C2)cc1. The molecule has 0 aliphatic carbocycles. The molecule has 27 heavy (non-hydrogen) atoms. The van der Waals surface area contributed by atoms with Crippen LogP contribution in [0.15, 0.2) is 24.3 Å². The van der Waals surface area contributed by atoms with E-state index < -0.39 is 11.4 Å². The molecule has 6 heteroatoms. The van der Waals surface area contributed by atoms with E-state index in [-0.39, 0.29) is 24.2 Å². The molecule has 1 unspecified atom stereocenters. The van der Waals surface area contributed by atoms with E-state index in [0.29, 0.717) is 31.6 Å². The number of carbonyl (C=O) groups excluding carboxylic acids is 2. The second-order valence-corrected chi connectivity index (χ2v) is 8.32. The number of amides is 2. The maximum absolute atomic E-state index is 12.7. The molecule has 1 saturated heterocycles. The van der Waals surface area contributed by atoms with E-state index in [2.05, 4.69) is 5.32 Å². The first-order valence-electron chi connectivity index (χ1n) is 9.55. The number of carboxylic acids is 1. The number of likely N-dealkylation sites (tertiary alicyclic amines) is 1. The highest BCUT2D eigenvalue weighted by Crippen LogP contribution is 2.22. The largest absolute Gasteiger partial charge is 0.481 e. The number of rotatable bonds is 6. The van der Waals surface area contributed by atoms with Crippen LogP contribution in [-0.4, -0.2) is 40.9 Å². The van der Waals surface area contributed by atoms with E-state index in [0.717, 1.165) is 18.4 Å². The monoisotopic (exact) mass is 374 g/mol. The zero-order valence-corrected chi connectivity index (χ0v) is 16.5. The molecule has 2 N–H and O–H groups in total. The number of hydrogen-bond acceptors (Lipinski definition) is 3. The Morgan fingerprint density at radius 1 is 1.19 bits per heavy atom. The maximum atomic E-state index is 12.7. The molecule has 1 atom stereocenters. The highest BCUT2D eigenvalue weighted by atomic mass is 16.4. The van der Waals surface area contributed by atoms with Gasteiger partial charge in [-0.2, -0.15) is 0 Å². The minimum absolute atomic E-state index is 0.0108. The maximum Gasteiger partial charge on any atom is 0.303 e. The van der Waals surface area contributed by atoms with Gasteiger partial charge in [-0.05, 0) is 42.9 Å². The summed E-state index contributed by atoms with van der Waals surface area (Å²) in [6.45, 7) is 7.37. The second-order valence-electron chi connectivity index (χ2n) is 8.32. The van der Waals surface area contributed by atoms with Crippen LogP contribution < -0.4 is 5.32 Å². The van der Waals surface area contributed by atoms with Gasteiger partial charge >= 0.3 is 5.97 Å². The molecule has 1 aromatic carbocycles. The third-order valence-corrected chi connectivity index (χ3v) is 4.91. The highest BCUT2D eigenvalue weighted by Gasteiger charge is 2.25. The summed E-state index contributed by atoms with van der Waals surface area (Å²) in [6, 6.07) is 7.31. The van der Waals surface area contributed by atoms with E-state index in [9.17, 15) is 14.4 Å². The molecule has 2 rings (SSSR count). The van der Waals surface area contributed by atoms with Gasteiger partial charge in [0.05, 0.1) is 0 Å². The fourth-order valence-corrected chi connectivity index (χ4v) is 3.21. The van der Waals surface area contributed by atoms with E-state index in [1.54, 1.807) is 12.1 Å². The number of nitrogens with zero attached hydrogens (tertiary/aromatic N) is 1. The molecule has 1 heterocycles. The Morgan fingerprint density at radius 3 is 2.44 bits per heavy atom. The van der Waals surface area contributed by atoms with Crippen molar-refractivity contribution in [3.8, 4) is 0 Å². The van der Waals surface area contributed by atoms with Crippen LogP contribution in [0.4, 0.5) is 0 Å². The summed E-state index contributed by atoms with van der Waals surface area (Å²) in [5.41, 5.74) is 1.14. The van der Waals surface area contributed by atoms with Gasteiger partial charge in [0.15, 0.2) is 0 Å². The lowest BCUT2D eigenvalue weighted by Crippen LogP contribution is -2.40. The molecular formula is C21H30N2O4. The Bertz CT molecular complexity index is 676. The lowest BCUT2D eigenvalue weighted by molar-refractivity contribution is -0.137. The van der Waals surface area contributed by atoms with Crippen molar-refractivity contribution in [1.82, 2.24) is 10.2 Å². The molecule has 1 aliphatic rings. The summed E-state index contributed by atoms with van der Waals surface area (Å²) in [4.78, 5) is 37.2. The fourth-order valence-electron chi connectivity index (χ4n) is 3.21. The normalized spacial score (nSPS) is 17.4. The van der Waals surface area contributed by atoms with Gasteiger partial charge in [-0.3, -0.25) is 14.4 Å². The standard InChI is InChI=1S/C21H30N2O4/c1-21(2,3)20(27)22-13-15-6-9-17(10-7-15)19(26)23-12-4-5-16(14-23)8-11-18(24)25/h6-7,9-10,16H,4-5,8,11-14H2,1-3H3,(H,22,27)(H,24,25). The predicted molar refractivity (Wildman–Crippen MR) is 103 cm³/mol. The number of hydrogen-bond donors (Lipinski definition) is 2. The Kier molecular flexibility index (Phi) is 6.99. The van der Waals surface area contributed by atoms with Crippen LogP contribution in [0, 0.1) is 11.3 Å². The average Bonchev–Trinajstić information content (AvgIpc) is 2.63. The lowest BCUT2D eigenvalue weighted by Gasteiger charge is -2.32. The van der Waals surface area contributed by atoms with Gasteiger partial charge in [-0.1, -0.05) is 32.9 Å². The summed E-state index contributed by atoms with van der Waals surface area (Å²) in [5, 5.41) is 11.7. The lowest BCUT2D eigenvalue weighted by atomic mass is 9.93. The van der Waals surface area contributed by atoms with Crippen LogP contribution in [0.2, 0.25) is 0 Å². The Morgan fingerprint density at radius 2 is 1.85 bits per heavy atom. The summed E-state index contributed by atoms with van der Waals surface area (Å²) in [5.74, 6) is -0.554. The highest BCUT2D eigenvalue weighted by molar-refractivity contribution is 5.94. The number of aliphatic carboxylic acids is 1. The molecule has 2 amide bonds. The first kappa shape index (κ1) is 20.9. The van der Waals surface area contributed by atoms with Crippen molar-refractivity contribution in [1.29, 1.82) is 0 Å². The Labute approximate surface area is 160 Å². The van der Waals surface area contributed by atoms with E-state index in [1.807, 2.05) is 37.8 Å². The van der Waals surface area contributed by atoms with Crippen molar-refractivity contribution in [2.24, 2.45) is 11.3 Å². The molecule has 148 valence electrons. The smallest absolute Gasteiger partial charge is 0.303 e. The zero-order valence-electron chi connectivity index (χ0n) is 16.5. The minimum atomic E-state index is -0.785. The molecule has 0 bridgehead atoms. The molecule has 1 aromatic rings. The number of benzene rings is 1. The number of carbonyl (C=O) groups is 3. The molecular weight excluding hydrogens is 344 g/mol. The molecule has 1 fully saturated rings. The molecule has 1 aliphatic heterocycles. The first-order valence-corrected chi connectivity index (χ1v) is 9.55. The zero-order chi connectivity index (χ0) is 20.0. The van der Waals surface area contributed by atoms with Gasteiger partial charge in [0, 0.05) is 37.0 Å². The van der Waals surface area contributed by atoms with Gasteiger partial charge < -0.3 is 15.3 Å². The van der Waals surface area contributed by atoms with E-state index >= 15 is 0 Å². The van der Waals surface area contributed by atoms with Gasteiger partial charge in [0.25, 0.3) is 5.91 Å². The van der Waals surface area contributed by atoms with Crippen LogP contribution in [0.25, 0.3) is 0 Å². The van der Waals surface area contributed by atoms with Gasteiger partial charge in [0.1, 0.15) is 0 Å². The summed E-state index contributed by atoms with van der Waals surface area (Å²) in [6.07, 6.45) is 2.66. The van der Waals surface area contributed by atoms with Crippen LogP contribution in [-0.2, 0) is 16.1 Å². The Balaban J connectivity index is 1.91. The third kappa shape index (κ3) is 6.38. The second kappa shape index (κ2) is 9.02. The van der Waals surface area contributed by atoms with Crippen molar-refractivity contribution in [3.63, 3.8) is 0 Å². The van der Waals surface area contributed by atoms with Crippen molar-refractivity contribution in [3.05, 3.63) is 35.4 Å². The van der Waals surface area contributed by atoms with Gasteiger partial charge in [-0.25, -0.2) is 0 Å². The van der Waals surface area contributed by atoms with Crippen LogP contribution in [0.1, 0.15) is 62.4 Å². The van der Waals surface area contributed by atoms with Crippen LogP contribution in [0.5, 0.6) is 0 Å². The number of piperidine rings is 1. The molecule has 6 nitrogen and oxygen atoms in total. The average molecular weight is 374 g/mol. The van der Waals surface area contributed by atoms with Crippen molar-refractivity contribution in [2.75, 3.05) is 13.1 Å². The summed E-state index contributed by atoms with van der Waals surface area (Å²) in [7, 11) is 0.